The van der Waals surface area contributed by atoms with Gasteiger partial charge >= 0.3 is 0 Å². The Kier molecular flexibility index (Phi) is 5.09. The van der Waals surface area contributed by atoms with Gasteiger partial charge in [-0.15, -0.1) is 0 Å². The average molecular weight is 444 g/mol. The van der Waals surface area contributed by atoms with Crippen molar-refractivity contribution in [2.24, 2.45) is 0 Å². The van der Waals surface area contributed by atoms with Crippen molar-refractivity contribution in [2.45, 2.75) is 13.5 Å². The summed E-state index contributed by atoms with van der Waals surface area (Å²) in [5.74, 6) is 1.24. The largest absolute Gasteiger partial charge is 0.493 e. The highest BCUT2D eigenvalue weighted by Gasteiger charge is 2.20. The molecule has 2 aromatic heterocycles. The molecule has 1 amide bonds. The number of aryl methyl sites for hydroxylation is 1. The molecule has 2 heterocycles. The van der Waals surface area contributed by atoms with E-state index < -0.39 is 0 Å². The number of fused-ring (bicyclic) bond motifs is 4. The van der Waals surface area contributed by atoms with Gasteiger partial charge < -0.3 is 29.1 Å². The number of rotatable bonds is 6. The summed E-state index contributed by atoms with van der Waals surface area (Å²) in [7, 11) is 4.67. The van der Waals surface area contributed by atoms with Crippen LogP contribution in [0.2, 0.25) is 0 Å². The van der Waals surface area contributed by atoms with Gasteiger partial charge in [0.05, 0.1) is 26.8 Å². The molecule has 2 N–H and O–H groups in total. The lowest BCUT2D eigenvalue weighted by Crippen LogP contribution is -2.12. The third kappa shape index (κ3) is 3.24. The minimum atomic E-state index is -0.246. The predicted octanol–water partition coefficient (Wildman–Crippen LogP) is 5.57. The molecule has 33 heavy (non-hydrogen) atoms. The molecule has 0 unspecified atom stereocenters. The van der Waals surface area contributed by atoms with E-state index in [0.29, 0.717) is 28.5 Å². The maximum Gasteiger partial charge on any atom is 0.272 e. The Morgan fingerprint density at radius 1 is 0.909 bits per heavy atom. The summed E-state index contributed by atoms with van der Waals surface area (Å²) < 4.78 is 18.7. The first kappa shape index (κ1) is 20.8. The zero-order valence-corrected chi connectivity index (χ0v) is 19.0. The number of nitrogens with one attached hydrogen (secondary N) is 2. The lowest BCUT2D eigenvalue weighted by Gasteiger charge is -2.12. The zero-order valence-electron chi connectivity index (χ0n) is 19.0. The van der Waals surface area contributed by atoms with Gasteiger partial charge in [-0.3, -0.25) is 4.79 Å². The number of carbonyl (C=O) groups is 1. The van der Waals surface area contributed by atoms with Crippen LogP contribution in [-0.4, -0.2) is 36.8 Å². The van der Waals surface area contributed by atoms with E-state index >= 15 is 0 Å². The fraction of sp³-hybridized carbons (Fsp3) is 0.192. The molecule has 3 aromatic carbocycles. The van der Waals surface area contributed by atoms with Gasteiger partial charge in [0.25, 0.3) is 5.91 Å². The van der Waals surface area contributed by atoms with Crippen LogP contribution in [0.3, 0.4) is 0 Å². The molecule has 0 atom stereocenters. The van der Waals surface area contributed by atoms with Crippen molar-refractivity contribution >= 4 is 44.3 Å². The topological polar surface area (TPSA) is 77.5 Å². The second-order valence-electron chi connectivity index (χ2n) is 7.74. The van der Waals surface area contributed by atoms with Gasteiger partial charge in [0.2, 0.25) is 5.75 Å². The van der Waals surface area contributed by atoms with E-state index in [0.717, 1.165) is 28.5 Å². The maximum atomic E-state index is 13.1. The van der Waals surface area contributed by atoms with Crippen molar-refractivity contribution in [3.8, 4) is 17.2 Å². The van der Waals surface area contributed by atoms with Crippen molar-refractivity contribution in [1.82, 2.24) is 9.55 Å². The number of methoxy groups -OCH3 is 3. The van der Waals surface area contributed by atoms with E-state index in [1.807, 2.05) is 30.3 Å². The molecular weight excluding hydrogens is 418 g/mol. The first-order valence-electron chi connectivity index (χ1n) is 10.7. The first-order chi connectivity index (χ1) is 16.1. The quantitative estimate of drug-likeness (QED) is 0.359. The number of ether oxygens (including phenoxy) is 3. The standard InChI is InChI=1S/C26H25N3O4/c1-5-29-20-9-7-6-8-17(20)18-14-16(10-11-21(18)29)27-26(30)19-12-15-13-22(31-2)24(32-3)25(33-4)23(15)28-19/h6-14,28H,5H2,1-4H3,(H,27,30). The number of aromatic nitrogens is 2. The van der Waals surface area contributed by atoms with Gasteiger partial charge in [-0.1, -0.05) is 18.2 Å². The average Bonchev–Trinajstić information content (AvgIpc) is 3.41. The summed E-state index contributed by atoms with van der Waals surface area (Å²) in [6.45, 7) is 3.01. The third-order valence-electron chi connectivity index (χ3n) is 6.01. The molecule has 0 saturated carbocycles. The molecule has 0 radical (unpaired) electrons. The Hall–Kier alpha value is -4.13. The maximum absolute atomic E-state index is 13.1. The van der Waals surface area contributed by atoms with Crippen LogP contribution in [0.4, 0.5) is 5.69 Å². The normalized spacial score (nSPS) is 11.3. The Labute approximate surface area is 190 Å². The Balaban J connectivity index is 1.54. The van der Waals surface area contributed by atoms with Crippen LogP contribution in [0.1, 0.15) is 17.4 Å². The van der Waals surface area contributed by atoms with Gasteiger partial charge in [0, 0.05) is 39.4 Å². The van der Waals surface area contributed by atoms with E-state index in [9.17, 15) is 4.79 Å². The molecule has 0 aliphatic carbocycles. The Morgan fingerprint density at radius 2 is 1.67 bits per heavy atom. The first-order valence-corrected chi connectivity index (χ1v) is 10.7. The minimum Gasteiger partial charge on any atom is -0.493 e. The Morgan fingerprint density at radius 3 is 2.39 bits per heavy atom. The number of H-pyrrole nitrogens is 1. The van der Waals surface area contributed by atoms with Crippen molar-refractivity contribution in [1.29, 1.82) is 0 Å². The molecule has 5 aromatic rings. The van der Waals surface area contributed by atoms with Crippen LogP contribution < -0.4 is 19.5 Å². The summed E-state index contributed by atoms with van der Waals surface area (Å²) in [4.78, 5) is 16.3. The van der Waals surface area contributed by atoms with Crippen LogP contribution in [0.15, 0.2) is 54.6 Å². The number of nitrogens with zero attached hydrogens (tertiary/aromatic N) is 1. The lowest BCUT2D eigenvalue weighted by molar-refractivity contribution is 0.102. The number of hydrogen-bond acceptors (Lipinski definition) is 4. The van der Waals surface area contributed by atoms with Gasteiger partial charge in [-0.2, -0.15) is 0 Å². The smallest absolute Gasteiger partial charge is 0.272 e. The zero-order chi connectivity index (χ0) is 23.1. The molecule has 0 spiro atoms. The van der Waals surface area contributed by atoms with E-state index in [-0.39, 0.29) is 5.91 Å². The van der Waals surface area contributed by atoms with Crippen molar-refractivity contribution in [3.63, 3.8) is 0 Å². The van der Waals surface area contributed by atoms with Gasteiger partial charge in [0.15, 0.2) is 11.5 Å². The van der Waals surface area contributed by atoms with Crippen LogP contribution in [-0.2, 0) is 6.54 Å². The summed E-state index contributed by atoms with van der Waals surface area (Å²) in [5, 5.41) is 6.08. The van der Waals surface area contributed by atoms with Crippen LogP contribution in [0.5, 0.6) is 17.2 Å². The summed E-state index contributed by atoms with van der Waals surface area (Å²) in [6, 6.07) is 17.9. The van der Waals surface area contributed by atoms with E-state index in [1.165, 1.54) is 10.9 Å². The van der Waals surface area contributed by atoms with E-state index in [4.69, 9.17) is 14.2 Å². The van der Waals surface area contributed by atoms with Crippen molar-refractivity contribution in [2.75, 3.05) is 26.6 Å². The van der Waals surface area contributed by atoms with Crippen LogP contribution >= 0.6 is 0 Å². The van der Waals surface area contributed by atoms with Gasteiger partial charge in [0.1, 0.15) is 5.69 Å². The highest BCUT2D eigenvalue weighted by Crippen LogP contribution is 2.43. The summed E-state index contributed by atoms with van der Waals surface area (Å²) in [5.41, 5.74) is 4.14. The highest BCUT2D eigenvalue weighted by atomic mass is 16.5. The number of aromatic amines is 1. The second kappa shape index (κ2) is 8.09. The molecule has 0 saturated heterocycles. The molecule has 0 aliphatic rings. The fourth-order valence-corrected chi connectivity index (χ4v) is 4.54. The number of benzene rings is 3. The van der Waals surface area contributed by atoms with Crippen molar-refractivity contribution < 1.29 is 19.0 Å². The highest BCUT2D eigenvalue weighted by molar-refractivity contribution is 6.11. The minimum absolute atomic E-state index is 0.246. The molecule has 0 fully saturated rings. The van der Waals surface area contributed by atoms with Crippen molar-refractivity contribution in [3.05, 3.63) is 60.3 Å². The van der Waals surface area contributed by atoms with E-state index in [1.54, 1.807) is 27.4 Å². The summed E-state index contributed by atoms with van der Waals surface area (Å²) >= 11 is 0. The SMILES string of the molecule is CCn1c2ccccc2c2cc(NC(=O)c3cc4cc(OC)c(OC)c(OC)c4[nH]3)ccc21. The summed E-state index contributed by atoms with van der Waals surface area (Å²) in [6.07, 6.45) is 0. The van der Waals surface area contributed by atoms with Crippen LogP contribution in [0.25, 0.3) is 32.7 Å². The fourth-order valence-electron chi connectivity index (χ4n) is 4.54. The number of anilines is 1. The predicted molar refractivity (Wildman–Crippen MR) is 131 cm³/mol. The van der Waals surface area contributed by atoms with Crippen LogP contribution in [0, 0.1) is 0 Å². The second-order valence-corrected chi connectivity index (χ2v) is 7.74. The van der Waals surface area contributed by atoms with Gasteiger partial charge in [-0.05, 0) is 43.3 Å². The molecular formula is C26H25N3O4. The van der Waals surface area contributed by atoms with Gasteiger partial charge in [-0.25, -0.2) is 0 Å². The molecule has 0 bridgehead atoms. The lowest BCUT2D eigenvalue weighted by atomic mass is 10.1. The monoisotopic (exact) mass is 443 g/mol. The number of carbonyl (C=O) groups excluding carboxylic acids is 1. The molecule has 7 nitrogen and oxygen atoms in total. The number of hydrogen-bond donors (Lipinski definition) is 2. The van der Waals surface area contributed by atoms with E-state index in [2.05, 4.69) is 40.0 Å². The molecule has 7 heteroatoms. The number of amides is 1. The molecule has 0 aliphatic heterocycles. The number of para-hydroxylation sites is 1. The third-order valence-corrected chi connectivity index (χ3v) is 6.01. The Bertz CT molecular complexity index is 1510. The molecule has 5 rings (SSSR count). The molecule has 168 valence electrons.